The molecular weight excluding hydrogens is 534 g/mol. The number of methoxy groups -OCH3 is 1. The van der Waals surface area contributed by atoms with Crippen molar-refractivity contribution in [1.29, 1.82) is 5.26 Å². The average molecular weight is 550 g/mol. The maximum atomic E-state index is 13.1. The molecule has 0 bridgehead atoms. The van der Waals surface area contributed by atoms with Crippen molar-refractivity contribution in [2.75, 3.05) is 12.4 Å². The van der Waals surface area contributed by atoms with Crippen molar-refractivity contribution in [2.24, 2.45) is 0 Å². The van der Waals surface area contributed by atoms with Gasteiger partial charge in [-0.1, -0.05) is 29.3 Å². The zero-order valence-electron chi connectivity index (χ0n) is 17.2. The molecule has 0 saturated heterocycles. The summed E-state index contributed by atoms with van der Waals surface area (Å²) in [5.74, 6) is -0.289. The number of carbonyl (C=O) groups excluding carboxylic acids is 1. The number of ether oxygens (including phenoxy) is 2. The fourth-order valence-corrected chi connectivity index (χ4v) is 3.91. The first-order valence-electron chi connectivity index (χ1n) is 9.44. The normalized spacial score (nSPS) is 11.0. The van der Waals surface area contributed by atoms with Gasteiger partial charge in [-0.15, -0.1) is 0 Å². The van der Waals surface area contributed by atoms with E-state index in [1.165, 1.54) is 37.5 Å². The Bertz CT molecular complexity index is 1240. The third-order valence-corrected chi connectivity index (χ3v) is 5.75. The standard InChI is InChI=1S/C24H16BrCl2FN2O3/c1-32-22-11-14(9-15(12-29)24(31)30-17-7-5-16(28)6-8-17)10-19(25)23(22)33-13-18-20(26)3-2-4-21(18)27/h2-11H,13H2,1H3,(H,30,31)/b15-9-. The maximum absolute atomic E-state index is 13.1. The summed E-state index contributed by atoms with van der Waals surface area (Å²) in [5.41, 5.74) is 1.36. The average Bonchev–Trinajstić information content (AvgIpc) is 2.79. The Balaban J connectivity index is 1.84. The highest BCUT2D eigenvalue weighted by Crippen LogP contribution is 2.38. The van der Waals surface area contributed by atoms with Gasteiger partial charge in [-0.25, -0.2) is 4.39 Å². The second-order valence-electron chi connectivity index (χ2n) is 6.65. The third-order valence-electron chi connectivity index (χ3n) is 4.45. The largest absolute Gasteiger partial charge is 0.493 e. The number of hydrogen-bond donors (Lipinski definition) is 1. The molecule has 5 nitrogen and oxygen atoms in total. The predicted octanol–water partition coefficient (Wildman–Crippen LogP) is 7.03. The van der Waals surface area contributed by atoms with Crippen LogP contribution in [0.4, 0.5) is 10.1 Å². The Morgan fingerprint density at radius 1 is 1.18 bits per heavy atom. The lowest BCUT2D eigenvalue weighted by molar-refractivity contribution is -0.112. The molecule has 0 spiro atoms. The Kier molecular flexibility index (Phi) is 8.34. The van der Waals surface area contributed by atoms with E-state index < -0.39 is 11.7 Å². The first kappa shape index (κ1) is 24.6. The number of hydrogen-bond acceptors (Lipinski definition) is 4. The zero-order chi connectivity index (χ0) is 24.0. The second-order valence-corrected chi connectivity index (χ2v) is 8.32. The molecule has 33 heavy (non-hydrogen) atoms. The monoisotopic (exact) mass is 548 g/mol. The summed E-state index contributed by atoms with van der Waals surface area (Å²) in [6.07, 6.45) is 1.40. The highest BCUT2D eigenvalue weighted by atomic mass is 79.9. The van der Waals surface area contributed by atoms with Crippen LogP contribution < -0.4 is 14.8 Å². The molecular formula is C24H16BrCl2FN2O3. The van der Waals surface area contributed by atoms with E-state index in [4.69, 9.17) is 32.7 Å². The van der Waals surface area contributed by atoms with Gasteiger partial charge >= 0.3 is 0 Å². The summed E-state index contributed by atoms with van der Waals surface area (Å²) in [5, 5.41) is 13.0. The van der Waals surface area contributed by atoms with Crippen LogP contribution in [-0.4, -0.2) is 13.0 Å². The second kappa shape index (κ2) is 11.2. The van der Waals surface area contributed by atoms with Gasteiger partial charge in [-0.2, -0.15) is 5.26 Å². The van der Waals surface area contributed by atoms with Gasteiger partial charge in [-0.3, -0.25) is 4.79 Å². The van der Waals surface area contributed by atoms with Crippen LogP contribution in [-0.2, 0) is 11.4 Å². The Labute approximate surface area is 208 Å². The lowest BCUT2D eigenvalue weighted by Crippen LogP contribution is -2.13. The molecule has 0 saturated carbocycles. The fraction of sp³-hybridized carbons (Fsp3) is 0.0833. The number of benzene rings is 3. The van der Waals surface area contributed by atoms with Crippen LogP contribution in [0.2, 0.25) is 10.0 Å². The molecule has 3 aromatic carbocycles. The van der Waals surface area contributed by atoms with Crippen LogP contribution in [0.3, 0.4) is 0 Å². The van der Waals surface area contributed by atoms with Crippen molar-refractivity contribution in [3.63, 3.8) is 0 Å². The summed E-state index contributed by atoms with van der Waals surface area (Å²) >= 11 is 15.8. The third kappa shape index (κ3) is 6.26. The summed E-state index contributed by atoms with van der Waals surface area (Å²) < 4.78 is 24.9. The zero-order valence-corrected chi connectivity index (χ0v) is 20.3. The topological polar surface area (TPSA) is 71.3 Å². The molecule has 1 amide bonds. The Morgan fingerprint density at radius 3 is 2.45 bits per heavy atom. The molecule has 0 atom stereocenters. The van der Waals surface area contributed by atoms with Gasteiger partial charge < -0.3 is 14.8 Å². The highest BCUT2D eigenvalue weighted by Gasteiger charge is 2.15. The summed E-state index contributed by atoms with van der Waals surface area (Å²) in [6.45, 7) is 0.103. The molecule has 0 aromatic heterocycles. The van der Waals surface area contributed by atoms with Crippen LogP contribution in [0.15, 0.2) is 64.6 Å². The maximum Gasteiger partial charge on any atom is 0.266 e. The number of nitrogens with zero attached hydrogens (tertiary/aromatic N) is 1. The van der Waals surface area contributed by atoms with Crippen LogP contribution in [0, 0.1) is 17.1 Å². The molecule has 168 valence electrons. The summed E-state index contributed by atoms with van der Waals surface area (Å²) in [7, 11) is 1.47. The SMILES string of the molecule is COc1cc(/C=C(/C#N)C(=O)Nc2ccc(F)cc2)cc(Br)c1OCc1c(Cl)cccc1Cl. The first-order valence-corrected chi connectivity index (χ1v) is 11.0. The molecule has 1 N–H and O–H groups in total. The van der Waals surface area contributed by atoms with Crippen molar-refractivity contribution in [2.45, 2.75) is 6.61 Å². The molecule has 0 unspecified atom stereocenters. The van der Waals surface area contributed by atoms with Crippen LogP contribution in [0.25, 0.3) is 6.08 Å². The van der Waals surface area contributed by atoms with Crippen molar-refractivity contribution >= 4 is 56.8 Å². The Morgan fingerprint density at radius 2 is 1.85 bits per heavy atom. The van der Waals surface area contributed by atoms with Crippen LogP contribution >= 0.6 is 39.1 Å². The number of nitrogens with one attached hydrogen (secondary N) is 1. The number of nitriles is 1. The predicted molar refractivity (Wildman–Crippen MR) is 130 cm³/mol. The smallest absolute Gasteiger partial charge is 0.266 e. The number of carbonyl (C=O) groups is 1. The molecule has 0 heterocycles. The van der Waals surface area contributed by atoms with E-state index in [1.807, 2.05) is 6.07 Å². The minimum atomic E-state index is -0.632. The van der Waals surface area contributed by atoms with Crippen molar-refractivity contribution < 1.29 is 18.7 Å². The van der Waals surface area contributed by atoms with E-state index in [2.05, 4.69) is 21.2 Å². The van der Waals surface area contributed by atoms with Gasteiger partial charge in [-0.05, 0) is 76.1 Å². The molecule has 0 fully saturated rings. The van der Waals surface area contributed by atoms with Crippen molar-refractivity contribution in [1.82, 2.24) is 0 Å². The molecule has 9 heteroatoms. The van der Waals surface area contributed by atoms with E-state index >= 15 is 0 Å². The molecule has 0 aliphatic heterocycles. The van der Waals surface area contributed by atoms with Crippen molar-refractivity contribution in [3.8, 4) is 17.6 Å². The molecule has 3 rings (SSSR count). The van der Waals surface area contributed by atoms with E-state index in [9.17, 15) is 14.4 Å². The first-order chi connectivity index (χ1) is 15.8. The number of anilines is 1. The molecule has 3 aromatic rings. The lowest BCUT2D eigenvalue weighted by Gasteiger charge is -2.15. The van der Waals surface area contributed by atoms with Gasteiger partial charge in [0.25, 0.3) is 5.91 Å². The van der Waals surface area contributed by atoms with Gasteiger partial charge in [0.15, 0.2) is 11.5 Å². The lowest BCUT2D eigenvalue weighted by atomic mass is 10.1. The summed E-state index contributed by atoms with van der Waals surface area (Å²) in [6, 6.07) is 15.6. The van der Waals surface area contributed by atoms with Crippen LogP contribution in [0.1, 0.15) is 11.1 Å². The van der Waals surface area contributed by atoms with Crippen molar-refractivity contribution in [3.05, 3.63) is 91.6 Å². The van der Waals surface area contributed by atoms with E-state index in [0.29, 0.717) is 42.8 Å². The quantitative estimate of drug-likeness (QED) is 0.254. The molecule has 0 aliphatic carbocycles. The minimum absolute atomic E-state index is 0.103. The molecule has 0 radical (unpaired) electrons. The Hall–Kier alpha value is -3.05. The summed E-state index contributed by atoms with van der Waals surface area (Å²) in [4.78, 5) is 12.5. The van der Waals surface area contributed by atoms with E-state index in [0.717, 1.165) is 0 Å². The van der Waals surface area contributed by atoms with Gasteiger partial charge in [0.05, 0.1) is 11.6 Å². The number of amides is 1. The van der Waals surface area contributed by atoms with Gasteiger partial charge in [0.2, 0.25) is 0 Å². The van der Waals surface area contributed by atoms with Crippen LogP contribution in [0.5, 0.6) is 11.5 Å². The highest BCUT2D eigenvalue weighted by molar-refractivity contribution is 9.10. The van der Waals surface area contributed by atoms with Gasteiger partial charge in [0, 0.05) is 21.3 Å². The van der Waals surface area contributed by atoms with Gasteiger partial charge in [0.1, 0.15) is 24.1 Å². The van der Waals surface area contributed by atoms with E-state index in [-0.39, 0.29) is 12.2 Å². The van der Waals surface area contributed by atoms with E-state index in [1.54, 1.807) is 30.3 Å². The molecule has 0 aliphatic rings. The fourth-order valence-electron chi connectivity index (χ4n) is 2.82. The number of halogens is 4. The number of rotatable bonds is 7. The minimum Gasteiger partial charge on any atom is -0.493 e.